The van der Waals surface area contributed by atoms with Crippen LogP contribution in [0.25, 0.3) is 5.69 Å². The summed E-state index contributed by atoms with van der Waals surface area (Å²) < 4.78 is 6.50. The Bertz CT molecular complexity index is 603. The first-order chi connectivity index (χ1) is 9.06. The monoisotopic (exact) mass is 298 g/mol. The van der Waals surface area contributed by atoms with E-state index < -0.39 is 5.97 Å². The highest BCUT2D eigenvalue weighted by molar-refractivity contribution is 6.37. The van der Waals surface area contributed by atoms with Crippen LogP contribution in [0.4, 0.5) is 0 Å². The number of hydrogen-bond acceptors (Lipinski definition) is 3. The van der Waals surface area contributed by atoms with E-state index in [2.05, 4.69) is 5.10 Å². The number of halogens is 2. The van der Waals surface area contributed by atoms with Crippen LogP contribution in [-0.2, 0) is 4.74 Å². The smallest absolute Gasteiger partial charge is 0.341 e. The number of nitrogens with zero attached hydrogens (tertiary/aromatic N) is 2. The fourth-order valence-electron chi connectivity index (χ4n) is 1.74. The second-order valence-electron chi connectivity index (χ2n) is 3.85. The number of hydrogen-bond donors (Lipinski definition) is 0. The summed E-state index contributed by atoms with van der Waals surface area (Å²) in [5, 5.41) is 5.09. The Morgan fingerprint density at radius 3 is 2.58 bits per heavy atom. The van der Waals surface area contributed by atoms with E-state index in [0.717, 1.165) is 0 Å². The third kappa shape index (κ3) is 2.60. The number of ether oxygens (including phenoxy) is 1. The molecule has 2 rings (SSSR count). The van der Waals surface area contributed by atoms with Crippen LogP contribution in [0.1, 0.15) is 23.0 Å². The summed E-state index contributed by atoms with van der Waals surface area (Å²) in [6, 6.07) is 5.18. The average Bonchev–Trinajstić information content (AvgIpc) is 2.72. The van der Waals surface area contributed by atoms with Crippen LogP contribution in [0.3, 0.4) is 0 Å². The molecule has 0 spiro atoms. The van der Waals surface area contributed by atoms with Gasteiger partial charge in [-0.1, -0.05) is 29.3 Å². The Morgan fingerprint density at radius 2 is 2.00 bits per heavy atom. The first-order valence-corrected chi connectivity index (χ1v) is 6.48. The predicted octanol–water partition coefficient (Wildman–Crippen LogP) is 3.66. The molecular weight excluding hydrogens is 287 g/mol. The Balaban J connectivity index is 2.51. The van der Waals surface area contributed by atoms with Gasteiger partial charge in [0.05, 0.1) is 28.5 Å². The lowest BCUT2D eigenvalue weighted by atomic mass is 10.2. The molecule has 2 aromatic rings. The molecule has 19 heavy (non-hydrogen) atoms. The molecule has 6 heteroatoms. The van der Waals surface area contributed by atoms with Gasteiger partial charge in [0.2, 0.25) is 0 Å². The minimum absolute atomic E-state index is 0.316. The first kappa shape index (κ1) is 13.9. The number of para-hydroxylation sites is 1. The molecule has 100 valence electrons. The highest BCUT2D eigenvalue weighted by Crippen LogP contribution is 2.29. The molecule has 0 aliphatic heterocycles. The van der Waals surface area contributed by atoms with Crippen molar-refractivity contribution < 1.29 is 9.53 Å². The maximum Gasteiger partial charge on any atom is 0.341 e. The van der Waals surface area contributed by atoms with Gasteiger partial charge < -0.3 is 4.74 Å². The number of carbonyl (C=O) groups is 1. The zero-order valence-corrected chi connectivity index (χ0v) is 12.0. The molecule has 0 radical (unpaired) electrons. The standard InChI is InChI=1S/C13H12Cl2N2O2/c1-3-19-13(18)9-7-16-17(8(9)2)12-10(14)5-4-6-11(12)15/h4-7H,3H2,1-2H3. The van der Waals surface area contributed by atoms with Crippen LogP contribution in [-0.4, -0.2) is 22.4 Å². The summed E-state index contributed by atoms with van der Waals surface area (Å²) >= 11 is 12.2. The molecule has 0 N–H and O–H groups in total. The van der Waals surface area contributed by atoms with Crippen molar-refractivity contribution in [2.24, 2.45) is 0 Å². The Kier molecular flexibility index (Phi) is 4.12. The summed E-state index contributed by atoms with van der Waals surface area (Å²) in [6.45, 7) is 3.83. The van der Waals surface area contributed by atoms with Gasteiger partial charge in [-0.2, -0.15) is 5.10 Å². The van der Waals surface area contributed by atoms with Crippen molar-refractivity contribution in [1.29, 1.82) is 0 Å². The zero-order chi connectivity index (χ0) is 14.0. The summed E-state index contributed by atoms with van der Waals surface area (Å²) in [5.41, 5.74) is 1.59. The summed E-state index contributed by atoms with van der Waals surface area (Å²) in [7, 11) is 0. The highest BCUT2D eigenvalue weighted by atomic mass is 35.5. The number of rotatable bonds is 3. The molecule has 4 nitrogen and oxygen atoms in total. The van der Waals surface area contributed by atoms with Gasteiger partial charge in [0.1, 0.15) is 11.3 Å². The molecule has 0 unspecified atom stereocenters. The molecule has 0 bridgehead atoms. The van der Waals surface area contributed by atoms with Gasteiger partial charge in [0.25, 0.3) is 0 Å². The topological polar surface area (TPSA) is 44.1 Å². The molecule has 1 aromatic carbocycles. The Morgan fingerprint density at radius 1 is 1.37 bits per heavy atom. The number of aromatic nitrogens is 2. The highest BCUT2D eigenvalue weighted by Gasteiger charge is 2.18. The molecule has 1 heterocycles. The van der Waals surface area contributed by atoms with E-state index in [4.69, 9.17) is 27.9 Å². The summed E-state index contributed by atoms with van der Waals surface area (Å²) in [4.78, 5) is 11.7. The van der Waals surface area contributed by atoms with Gasteiger partial charge in [0, 0.05) is 0 Å². The third-order valence-electron chi connectivity index (χ3n) is 2.65. The number of benzene rings is 1. The van der Waals surface area contributed by atoms with Crippen LogP contribution in [0.2, 0.25) is 10.0 Å². The molecule has 0 atom stereocenters. The molecule has 0 aliphatic rings. The van der Waals surface area contributed by atoms with Gasteiger partial charge in [-0.3, -0.25) is 0 Å². The van der Waals surface area contributed by atoms with E-state index in [0.29, 0.717) is 33.6 Å². The largest absolute Gasteiger partial charge is 0.462 e. The maximum atomic E-state index is 11.7. The van der Waals surface area contributed by atoms with E-state index >= 15 is 0 Å². The van der Waals surface area contributed by atoms with Crippen molar-refractivity contribution in [3.8, 4) is 5.69 Å². The van der Waals surface area contributed by atoms with Crippen LogP contribution < -0.4 is 0 Å². The van der Waals surface area contributed by atoms with Crippen LogP contribution >= 0.6 is 23.2 Å². The lowest BCUT2D eigenvalue weighted by Crippen LogP contribution is -2.07. The fourth-order valence-corrected chi connectivity index (χ4v) is 2.29. The van der Waals surface area contributed by atoms with Gasteiger partial charge in [-0.05, 0) is 26.0 Å². The quantitative estimate of drug-likeness (QED) is 0.812. The molecule has 0 saturated heterocycles. The minimum atomic E-state index is -0.408. The predicted molar refractivity (Wildman–Crippen MR) is 74.3 cm³/mol. The van der Waals surface area contributed by atoms with Crippen LogP contribution in [0.15, 0.2) is 24.4 Å². The van der Waals surface area contributed by atoms with E-state index in [-0.39, 0.29) is 0 Å². The summed E-state index contributed by atoms with van der Waals surface area (Å²) in [6.07, 6.45) is 1.45. The molecule has 0 fully saturated rings. The zero-order valence-electron chi connectivity index (χ0n) is 10.5. The molecule has 0 saturated carbocycles. The van der Waals surface area contributed by atoms with Gasteiger partial charge >= 0.3 is 5.97 Å². The van der Waals surface area contributed by atoms with Crippen molar-refractivity contribution in [2.45, 2.75) is 13.8 Å². The van der Waals surface area contributed by atoms with Crippen molar-refractivity contribution in [2.75, 3.05) is 6.61 Å². The van der Waals surface area contributed by atoms with Gasteiger partial charge in [0.15, 0.2) is 0 Å². The van der Waals surface area contributed by atoms with Crippen molar-refractivity contribution in [3.63, 3.8) is 0 Å². The van der Waals surface area contributed by atoms with Crippen molar-refractivity contribution in [3.05, 3.63) is 45.7 Å². The Hall–Kier alpha value is -1.52. The second-order valence-corrected chi connectivity index (χ2v) is 4.66. The SMILES string of the molecule is CCOC(=O)c1cnn(-c2c(Cl)cccc2Cl)c1C. The minimum Gasteiger partial charge on any atom is -0.462 e. The third-order valence-corrected chi connectivity index (χ3v) is 3.26. The van der Waals surface area contributed by atoms with Crippen LogP contribution in [0.5, 0.6) is 0 Å². The van der Waals surface area contributed by atoms with Crippen molar-refractivity contribution in [1.82, 2.24) is 9.78 Å². The summed E-state index contributed by atoms with van der Waals surface area (Å²) in [5.74, 6) is -0.408. The first-order valence-electron chi connectivity index (χ1n) is 5.72. The average molecular weight is 299 g/mol. The lowest BCUT2D eigenvalue weighted by Gasteiger charge is -2.09. The van der Waals surface area contributed by atoms with E-state index in [9.17, 15) is 4.79 Å². The molecular formula is C13H12Cl2N2O2. The molecule has 0 aliphatic carbocycles. The van der Waals surface area contributed by atoms with E-state index in [1.165, 1.54) is 10.9 Å². The molecule has 1 aromatic heterocycles. The number of carbonyl (C=O) groups excluding carboxylic acids is 1. The Labute approximate surface area is 120 Å². The van der Waals surface area contributed by atoms with E-state index in [1.807, 2.05) is 0 Å². The maximum absolute atomic E-state index is 11.7. The van der Waals surface area contributed by atoms with Gasteiger partial charge in [-0.15, -0.1) is 0 Å². The molecule has 0 amide bonds. The normalized spacial score (nSPS) is 10.5. The number of esters is 1. The fraction of sp³-hybridized carbons (Fsp3) is 0.231. The second kappa shape index (κ2) is 5.63. The van der Waals surface area contributed by atoms with E-state index in [1.54, 1.807) is 32.0 Å². The van der Waals surface area contributed by atoms with Crippen LogP contribution in [0, 0.1) is 6.92 Å². The van der Waals surface area contributed by atoms with Gasteiger partial charge in [-0.25, -0.2) is 9.48 Å². The van der Waals surface area contributed by atoms with Crippen molar-refractivity contribution >= 4 is 29.2 Å². The lowest BCUT2D eigenvalue weighted by molar-refractivity contribution is 0.0525.